The van der Waals surface area contributed by atoms with E-state index in [0.29, 0.717) is 48.0 Å². The van der Waals surface area contributed by atoms with Crippen molar-refractivity contribution < 1.29 is 19.3 Å². The van der Waals surface area contributed by atoms with Crippen LogP contribution in [-0.2, 0) is 4.74 Å². The molecule has 4 saturated heterocycles. The third-order valence-electron chi connectivity index (χ3n) is 11.9. The Labute approximate surface area is 286 Å². The van der Waals surface area contributed by atoms with E-state index in [4.69, 9.17) is 35.6 Å². The monoisotopic (exact) mass is 663 g/mol. The van der Waals surface area contributed by atoms with Gasteiger partial charge in [0.25, 0.3) is 0 Å². The highest BCUT2D eigenvalue weighted by molar-refractivity contribution is 5.96. The topological polar surface area (TPSA) is 110 Å². The Morgan fingerprint density at radius 2 is 1.92 bits per heavy atom. The zero-order valence-electron chi connectivity index (χ0n) is 28.6. The lowest BCUT2D eigenvalue weighted by atomic mass is 9.89. The summed E-state index contributed by atoms with van der Waals surface area (Å²) in [6, 6.07) is 8.91. The first kappa shape index (κ1) is 30.9. The first-order valence-electron chi connectivity index (χ1n) is 17.9. The molecule has 0 amide bonds. The predicted molar refractivity (Wildman–Crippen MR) is 188 cm³/mol. The minimum absolute atomic E-state index is 0.0456. The summed E-state index contributed by atoms with van der Waals surface area (Å²) >= 11 is 0. The van der Waals surface area contributed by atoms with E-state index in [-0.39, 0.29) is 23.4 Å². The molecule has 256 valence electrons. The second-order valence-electron chi connectivity index (χ2n) is 15.2. The highest BCUT2D eigenvalue weighted by atomic mass is 16.5. The number of phenolic OH excluding ortho intramolecular Hbond substituents is 1. The highest BCUT2D eigenvalue weighted by Crippen LogP contribution is 2.46. The molecule has 2 bridgehead atoms. The van der Waals surface area contributed by atoms with E-state index in [1.165, 1.54) is 6.42 Å². The molecular weight excluding hydrogens is 618 g/mol. The molecule has 11 heteroatoms. The number of imidazole rings is 1. The summed E-state index contributed by atoms with van der Waals surface area (Å²) in [6.07, 6.45) is 13.6. The predicted octanol–water partition coefficient (Wildman–Crippen LogP) is 5.31. The van der Waals surface area contributed by atoms with Gasteiger partial charge in [-0.15, -0.1) is 6.42 Å². The van der Waals surface area contributed by atoms with Crippen LogP contribution in [0.1, 0.15) is 69.0 Å². The minimum atomic E-state index is 0.0456. The number of hydrogen-bond acceptors (Lipinski definition) is 10. The third-order valence-corrected chi connectivity index (χ3v) is 11.9. The van der Waals surface area contributed by atoms with E-state index in [1.54, 1.807) is 19.2 Å². The van der Waals surface area contributed by atoms with Gasteiger partial charge in [0.2, 0.25) is 0 Å². The van der Waals surface area contributed by atoms with Crippen molar-refractivity contribution in [2.75, 3.05) is 44.8 Å². The fourth-order valence-electron chi connectivity index (χ4n) is 9.45. The van der Waals surface area contributed by atoms with Crippen molar-refractivity contribution >= 4 is 27.8 Å². The minimum Gasteiger partial charge on any atom is -0.508 e. The van der Waals surface area contributed by atoms with Gasteiger partial charge in [-0.1, -0.05) is 25.0 Å². The van der Waals surface area contributed by atoms with Crippen LogP contribution in [0.25, 0.3) is 21.9 Å². The number of phenols is 1. The van der Waals surface area contributed by atoms with Crippen LogP contribution in [0.3, 0.4) is 0 Å². The molecule has 0 spiro atoms. The number of nitrogens with zero attached hydrogens (tertiary/aromatic N) is 6. The number of rotatable bonds is 8. The summed E-state index contributed by atoms with van der Waals surface area (Å²) in [5.41, 5.74) is 3.12. The number of aromatic nitrogens is 4. The number of ether oxygens (including phenoxy) is 3. The normalized spacial score (nSPS) is 29.3. The fraction of sp³-hybridized carbons (Fsp3) is 0.553. The molecule has 5 aliphatic rings. The lowest BCUT2D eigenvalue weighted by Gasteiger charge is -2.37. The average Bonchev–Trinajstić information content (AvgIpc) is 3.80. The van der Waals surface area contributed by atoms with E-state index in [1.807, 2.05) is 19.1 Å². The summed E-state index contributed by atoms with van der Waals surface area (Å²) in [5, 5.41) is 16.1. The summed E-state index contributed by atoms with van der Waals surface area (Å²) in [7, 11) is 1.76. The number of hydrogen-bond donors (Lipinski definition) is 2. The van der Waals surface area contributed by atoms with Gasteiger partial charge in [-0.05, 0) is 81.3 Å². The van der Waals surface area contributed by atoms with Crippen LogP contribution in [0.15, 0.2) is 24.3 Å². The van der Waals surface area contributed by atoms with Crippen molar-refractivity contribution in [3.05, 3.63) is 35.4 Å². The van der Waals surface area contributed by atoms with Crippen molar-refractivity contribution in [1.29, 1.82) is 0 Å². The Morgan fingerprint density at radius 1 is 1.10 bits per heavy atom. The van der Waals surface area contributed by atoms with Gasteiger partial charge in [0.1, 0.15) is 23.6 Å². The molecule has 11 nitrogen and oxygen atoms in total. The molecule has 49 heavy (non-hydrogen) atoms. The van der Waals surface area contributed by atoms with Gasteiger partial charge in [0, 0.05) is 61.9 Å². The van der Waals surface area contributed by atoms with Crippen LogP contribution >= 0.6 is 0 Å². The number of anilines is 1. The maximum absolute atomic E-state index is 10.8. The lowest BCUT2D eigenvalue weighted by molar-refractivity contribution is 0.00576. The van der Waals surface area contributed by atoms with E-state index < -0.39 is 0 Å². The van der Waals surface area contributed by atoms with Crippen LogP contribution in [-0.4, -0.2) is 93.1 Å². The molecular formula is C38H45N7O4. The van der Waals surface area contributed by atoms with Gasteiger partial charge in [0.05, 0.1) is 11.6 Å². The van der Waals surface area contributed by atoms with Crippen molar-refractivity contribution in [1.82, 2.24) is 29.7 Å². The lowest BCUT2D eigenvalue weighted by Crippen LogP contribution is -2.51. The van der Waals surface area contributed by atoms with E-state index in [2.05, 4.69) is 32.5 Å². The van der Waals surface area contributed by atoms with Crippen molar-refractivity contribution in [3.8, 4) is 35.9 Å². The average molecular weight is 664 g/mol. The number of nitrogens with one attached hydrogen (secondary N) is 1. The van der Waals surface area contributed by atoms with Gasteiger partial charge in [0.15, 0.2) is 11.5 Å². The Kier molecular flexibility index (Phi) is 7.41. The number of piperazine rings is 1. The van der Waals surface area contributed by atoms with Gasteiger partial charge < -0.3 is 29.5 Å². The number of terminal acetylenes is 1. The largest absolute Gasteiger partial charge is 0.508 e. The molecule has 4 aliphatic heterocycles. The van der Waals surface area contributed by atoms with E-state index in [9.17, 15) is 5.11 Å². The standard InChI is InChI=1S/C38H45N7O4/c1-5-30-23(3)7-8-24-13-28(46)16-31(32(24)30)49-37-41-34-33(45(37)27-14-29(15-27)47-4)35(43-19-25-9-10-26(20-43)39-25)42-36(40-34)48-21-38-11-6-12-44(38)18-22(2)17-38/h1,7-8,13,16,22,25-27,29,39,46H,6,9-12,14-15,17-21H2,2-4H3/t22?,25?,26?,27?,29?,38-/m0/s1. The number of aromatic hydroxyl groups is 1. The van der Waals surface area contributed by atoms with Gasteiger partial charge in [-0.25, -0.2) is 0 Å². The second-order valence-corrected chi connectivity index (χ2v) is 15.2. The molecule has 2 aromatic carbocycles. The Balaban J connectivity index is 1.18. The maximum atomic E-state index is 10.8. The quantitative estimate of drug-likeness (QED) is 0.241. The summed E-state index contributed by atoms with van der Waals surface area (Å²) in [6.45, 7) is 8.85. The van der Waals surface area contributed by atoms with Crippen LogP contribution in [0, 0.1) is 25.2 Å². The van der Waals surface area contributed by atoms with Crippen molar-refractivity contribution in [2.24, 2.45) is 5.92 Å². The van der Waals surface area contributed by atoms with E-state index in [0.717, 1.165) is 97.9 Å². The van der Waals surface area contributed by atoms with Gasteiger partial charge in [-0.2, -0.15) is 15.0 Å². The number of methoxy groups -OCH3 is 1. The molecule has 3 unspecified atom stereocenters. The summed E-state index contributed by atoms with van der Waals surface area (Å²) in [5.74, 6) is 4.88. The first-order chi connectivity index (χ1) is 23.8. The second kappa shape index (κ2) is 11.8. The zero-order valence-corrected chi connectivity index (χ0v) is 28.6. The summed E-state index contributed by atoms with van der Waals surface area (Å²) < 4.78 is 21.2. The Morgan fingerprint density at radius 3 is 2.69 bits per heavy atom. The third kappa shape index (κ3) is 5.18. The molecule has 0 radical (unpaired) electrons. The van der Waals surface area contributed by atoms with Crippen LogP contribution in [0.2, 0.25) is 0 Å². The molecule has 5 fully saturated rings. The maximum Gasteiger partial charge on any atom is 0.320 e. The van der Waals surface area contributed by atoms with E-state index >= 15 is 0 Å². The molecule has 2 aromatic heterocycles. The van der Waals surface area contributed by atoms with Gasteiger partial charge >= 0.3 is 12.0 Å². The van der Waals surface area contributed by atoms with Crippen molar-refractivity contribution in [3.63, 3.8) is 0 Å². The molecule has 6 heterocycles. The molecule has 4 atom stereocenters. The fourth-order valence-corrected chi connectivity index (χ4v) is 9.45. The molecule has 1 aliphatic carbocycles. The Hall–Kier alpha value is -4.11. The highest BCUT2D eigenvalue weighted by Gasteiger charge is 2.48. The number of aryl methyl sites for hydroxylation is 1. The number of benzene rings is 2. The zero-order chi connectivity index (χ0) is 33.4. The van der Waals surface area contributed by atoms with Crippen molar-refractivity contribution in [2.45, 2.75) is 88.6 Å². The SMILES string of the molecule is C#Cc1c(C)ccc2cc(O)cc(Oc3nc4nc(OC[C@@]56CCCN5CC(C)C6)nc(N5CC6CCC(C5)N6)c4n3C3CC(OC)C3)c12. The van der Waals surface area contributed by atoms with Crippen LogP contribution < -0.4 is 19.7 Å². The smallest absolute Gasteiger partial charge is 0.320 e. The molecule has 9 rings (SSSR count). The molecule has 2 N–H and O–H groups in total. The van der Waals surface area contributed by atoms with Gasteiger partial charge in [-0.3, -0.25) is 9.47 Å². The van der Waals surface area contributed by atoms with Crippen LogP contribution in [0.5, 0.6) is 23.5 Å². The number of fused-ring (bicyclic) bond motifs is 5. The Bertz CT molecular complexity index is 1970. The molecule has 1 saturated carbocycles. The molecule has 4 aromatic rings. The first-order valence-corrected chi connectivity index (χ1v) is 17.9. The summed E-state index contributed by atoms with van der Waals surface area (Å²) in [4.78, 5) is 20.3. The van der Waals surface area contributed by atoms with Crippen LogP contribution in [0.4, 0.5) is 5.82 Å².